The Morgan fingerprint density at radius 3 is 2.54 bits per heavy atom. The number of benzene rings is 2. The van der Waals surface area contributed by atoms with Crippen LogP contribution in [0.1, 0.15) is 13.8 Å². The van der Waals surface area contributed by atoms with Crippen molar-refractivity contribution in [3.8, 4) is 17.2 Å². The Morgan fingerprint density at radius 1 is 1.08 bits per heavy atom. The zero-order valence-electron chi connectivity index (χ0n) is 13.4. The molecule has 1 heterocycles. The van der Waals surface area contributed by atoms with Gasteiger partial charge in [-0.15, -0.1) is 0 Å². The fourth-order valence-corrected chi connectivity index (χ4v) is 4.70. The van der Waals surface area contributed by atoms with Crippen LogP contribution in [0.2, 0.25) is 0 Å². The molecule has 0 saturated carbocycles. The summed E-state index contributed by atoms with van der Waals surface area (Å²) in [6, 6.07) is 13.4. The predicted octanol–water partition coefficient (Wildman–Crippen LogP) is 6.08. The zero-order chi connectivity index (χ0) is 16.9. The molecule has 0 aromatic heterocycles. The number of fused-ring (bicyclic) bond motifs is 2. The van der Waals surface area contributed by atoms with E-state index in [4.69, 9.17) is 9.47 Å². The van der Waals surface area contributed by atoms with E-state index in [1.54, 1.807) is 27.6 Å². The van der Waals surface area contributed by atoms with Crippen LogP contribution in [0.5, 0.6) is 17.2 Å². The lowest BCUT2D eigenvalue weighted by molar-refractivity contribution is 0.197. The first-order valence-corrected chi connectivity index (χ1v) is 10.3. The minimum atomic E-state index is -0.377. The van der Waals surface area contributed by atoms with Gasteiger partial charge in [0.15, 0.2) is 0 Å². The highest BCUT2D eigenvalue weighted by atomic mass is 32.2. The summed E-state index contributed by atoms with van der Waals surface area (Å²) in [5, 5.41) is 0. The van der Waals surface area contributed by atoms with Crippen molar-refractivity contribution in [1.82, 2.24) is 3.71 Å². The number of hydrogen-bond donors (Lipinski definition) is 0. The van der Waals surface area contributed by atoms with Crippen molar-refractivity contribution in [2.75, 3.05) is 11.5 Å². The highest BCUT2D eigenvalue weighted by molar-refractivity contribution is 8.12. The topological polar surface area (TPSA) is 38.8 Å². The van der Waals surface area contributed by atoms with E-state index in [1.807, 2.05) is 44.2 Å². The van der Waals surface area contributed by atoms with Gasteiger partial charge in [0.2, 0.25) is 0 Å². The van der Waals surface area contributed by atoms with Crippen molar-refractivity contribution in [3.05, 3.63) is 42.5 Å². The van der Waals surface area contributed by atoms with Crippen LogP contribution < -0.4 is 9.47 Å². The third-order valence-corrected chi connectivity index (χ3v) is 6.08. The Kier molecular flexibility index (Phi) is 5.86. The van der Waals surface area contributed by atoms with E-state index in [0.717, 1.165) is 27.0 Å². The van der Waals surface area contributed by atoms with E-state index >= 15 is 0 Å². The summed E-state index contributed by atoms with van der Waals surface area (Å²) < 4.78 is 13.0. The molecule has 0 N–H and O–H groups in total. The molecule has 0 bridgehead atoms. The van der Waals surface area contributed by atoms with Crippen molar-refractivity contribution in [2.45, 2.75) is 23.6 Å². The minimum absolute atomic E-state index is 0.377. The Balaban J connectivity index is 1.74. The molecule has 1 amide bonds. The maximum absolute atomic E-state index is 12.3. The average molecular weight is 380 g/mol. The molecule has 0 fully saturated rings. The second kappa shape index (κ2) is 8.09. The summed E-state index contributed by atoms with van der Waals surface area (Å²) in [7, 11) is 0. The highest BCUT2D eigenvalue weighted by Gasteiger charge is 2.20. The van der Waals surface area contributed by atoms with Gasteiger partial charge in [-0.25, -0.2) is 4.79 Å². The van der Waals surface area contributed by atoms with Gasteiger partial charge in [-0.2, -0.15) is 3.71 Å². The molecule has 7 heteroatoms. The van der Waals surface area contributed by atoms with Gasteiger partial charge in [-0.3, -0.25) is 0 Å². The molecule has 0 unspecified atom stereocenters. The molecule has 1 aliphatic rings. The number of para-hydroxylation sites is 1. The summed E-state index contributed by atoms with van der Waals surface area (Å²) in [5.41, 5.74) is 0. The van der Waals surface area contributed by atoms with Gasteiger partial charge in [0.1, 0.15) is 17.2 Å². The number of amides is 1. The SMILES string of the molecule is CCSN(SCC)C(=O)Oc1ccc2c(c1)Oc1ccccc1S2. The van der Waals surface area contributed by atoms with Crippen LogP contribution in [0.4, 0.5) is 4.79 Å². The normalized spacial score (nSPS) is 11.9. The van der Waals surface area contributed by atoms with Crippen LogP contribution >= 0.6 is 35.7 Å². The average Bonchev–Trinajstić information content (AvgIpc) is 2.59. The number of carbonyl (C=O) groups excluding carboxylic acids is 1. The molecule has 4 nitrogen and oxygen atoms in total. The molecule has 3 rings (SSSR count). The van der Waals surface area contributed by atoms with Gasteiger partial charge in [-0.1, -0.05) is 37.7 Å². The molecule has 0 saturated heterocycles. The van der Waals surface area contributed by atoms with E-state index in [0.29, 0.717) is 11.5 Å². The number of rotatable bonds is 5. The molecule has 0 aliphatic carbocycles. The third kappa shape index (κ3) is 3.96. The number of carbonyl (C=O) groups is 1. The van der Waals surface area contributed by atoms with E-state index in [-0.39, 0.29) is 6.09 Å². The number of hydrogen-bond acceptors (Lipinski definition) is 6. The van der Waals surface area contributed by atoms with Gasteiger partial charge in [0.25, 0.3) is 0 Å². The molecule has 2 aromatic rings. The Hall–Kier alpha value is -1.44. The second-order valence-electron chi connectivity index (χ2n) is 4.72. The molecule has 126 valence electrons. The number of ether oxygens (including phenoxy) is 2. The third-order valence-electron chi connectivity index (χ3n) is 3.05. The van der Waals surface area contributed by atoms with E-state index in [2.05, 4.69) is 0 Å². The second-order valence-corrected chi connectivity index (χ2v) is 8.44. The van der Waals surface area contributed by atoms with Crippen LogP contribution in [0.3, 0.4) is 0 Å². The summed E-state index contributed by atoms with van der Waals surface area (Å²) in [4.78, 5) is 14.4. The first kappa shape index (κ1) is 17.4. The summed E-state index contributed by atoms with van der Waals surface area (Å²) in [6.07, 6.45) is -0.377. The zero-order valence-corrected chi connectivity index (χ0v) is 15.8. The quantitative estimate of drug-likeness (QED) is 0.500. The lowest BCUT2D eigenvalue weighted by Crippen LogP contribution is -2.22. The molecule has 2 aromatic carbocycles. The molecule has 0 radical (unpaired) electrons. The molecule has 0 atom stereocenters. The molecule has 1 aliphatic heterocycles. The lowest BCUT2D eigenvalue weighted by Gasteiger charge is -2.21. The van der Waals surface area contributed by atoms with Crippen LogP contribution in [0, 0.1) is 0 Å². The van der Waals surface area contributed by atoms with Crippen LogP contribution in [-0.4, -0.2) is 21.3 Å². The van der Waals surface area contributed by atoms with E-state index in [1.165, 1.54) is 23.9 Å². The van der Waals surface area contributed by atoms with Gasteiger partial charge in [-0.05, 0) is 48.2 Å². The fourth-order valence-electron chi connectivity index (χ4n) is 2.09. The van der Waals surface area contributed by atoms with Crippen LogP contribution in [0.15, 0.2) is 52.3 Å². The Bertz CT molecular complexity index is 733. The van der Waals surface area contributed by atoms with Gasteiger partial charge < -0.3 is 9.47 Å². The summed E-state index contributed by atoms with van der Waals surface area (Å²) in [5.74, 6) is 3.63. The lowest BCUT2D eigenvalue weighted by atomic mass is 10.3. The fraction of sp³-hybridized carbons (Fsp3) is 0.235. The summed E-state index contributed by atoms with van der Waals surface area (Å²) >= 11 is 4.52. The van der Waals surface area contributed by atoms with Gasteiger partial charge in [0, 0.05) is 17.6 Å². The van der Waals surface area contributed by atoms with Crippen molar-refractivity contribution >= 4 is 41.8 Å². The maximum atomic E-state index is 12.3. The van der Waals surface area contributed by atoms with Gasteiger partial charge in [0.05, 0.1) is 9.79 Å². The Morgan fingerprint density at radius 2 is 1.79 bits per heavy atom. The monoisotopic (exact) mass is 379 g/mol. The van der Waals surface area contributed by atoms with E-state index in [9.17, 15) is 4.79 Å². The molecular weight excluding hydrogens is 362 g/mol. The van der Waals surface area contributed by atoms with Crippen molar-refractivity contribution in [2.24, 2.45) is 0 Å². The molecule has 24 heavy (non-hydrogen) atoms. The molecular formula is C17H17NO3S3. The van der Waals surface area contributed by atoms with Crippen LogP contribution in [-0.2, 0) is 0 Å². The van der Waals surface area contributed by atoms with Crippen molar-refractivity contribution in [3.63, 3.8) is 0 Å². The van der Waals surface area contributed by atoms with Crippen molar-refractivity contribution < 1.29 is 14.3 Å². The van der Waals surface area contributed by atoms with Crippen molar-refractivity contribution in [1.29, 1.82) is 0 Å². The Labute approximate surface area is 154 Å². The van der Waals surface area contributed by atoms with Crippen LogP contribution in [0.25, 0.3) is 0 Å². The molecule has 0 spiro atoms. The maximum Gasteiger partial charge on any atom is 0.435 e. The first-order chi connectivity index (χ1) is 11.7. The largest absolute Gasteiger partial charge is 0.455 e. The standard InChI is InChI=1S/C17H17NO3S3/c1-3-22-18(23-4-2)17(19)20-12-9-10-16-14(11-12)21-13-7-5-6-8-15(13)24-16/h5-11H,3-4H2,1-2H3. The van der Waals surface area contributed by atoms with E-state index < -0.39 is 0 Å². The van der Waals surface area contributed by atoms with Gasteiger partial charge >= 0.3 is 6.09 Å². The number of nitrogens with zero attached hydrogens (tertiary/aromatic N) is 1. The highest BCUT2D eigenvalue weighted by Crippen LogP contribution is 2.47. The first-order valence-electron chi connectivity index (χ1n) is 7.57. The minimum Gasteiger partial charge on any atom is -0.455 e. The summed E-state index contributed by atoms with van der Waals surface area (Å²) in [6.45, 7) is 4.01. The predicted molar refractivity (Wildman–Crippen MR) is 101 cm³/mol. The smallest absolute Gasteiger partial charge is 0.435 e.